The van der Waals surface area contributed by atoms with Crippen molar-refractivity contribution in [2.75, 3.05) is 11.4 Å². The number of para-hydroxylation sites is 1. The molecule has 5 nitrogen and oxygen atoms in total. The van der Waals surface area contributed by atoms with Crippen molar-refractivity contribution in [2.45, 2.75) is 20.4 Å². The second kappa shape index (κ2) is 6.26. The number of benzene rings is 1. The lowest BCUT2D eigenvalue weighted by molar-refractivity contribution is -0.119. The molecule has 110 valence electrons. The van der Waals surface area contributed by atoms with Gasteiger partial charge < -0.3 is 14.6 Å². The van der Waals surface area contributed by atoms with Crippen molar-refractivity contribution in [2.24, 2.45) is 0 Å². The SMILES string of the molecule is CCN(C(=O)Cn1cccc1C(=O)O)c1ccccc1C. The molecule has 5 heteroatoms. The largest absolute Gasteiger partial charge is 0.477 e. The lowest BCUT2D eigenvalue weighted by atomic mass is 10.2. The number of carbonyl (C=O) groups is 2. The molecular weight excluding hydrogens is 268 g/mol. The zero-order chi connectivity index (χ0) is 15.4. The standard InChI is InChI=1S/C16H18N2O3/c1-3-18(13-8-5-4-7-12(13)2)15(19)11-17-10-6-9-14(17)16(20)21/h4-10H,3,11H2,1-2H3,(H,20,21). The predicted octanol–water partition coefficient (Wildman–Crippen LogP) is 2.55. The first kappa shape index (κ1) is 14.8. The van der Waals surface area contributed by atoms with Crippen molar-refractivity contribution in [3.8, 4) is 0 Å². The summed E-state index contributed by atoms with van der Waals surface area (Å²) in [7, 11) is 0. The summed E-state index contributed by atoms with van der Waals surface area (Å²) in [5.41, 5.74) is 1.98. The molecule has 0 unspecified atom stereocenters. The Morgan fingerprint density at radius 2 is 1.90 bits per heavy atom. The number of hydrogen-bond acceptors (Lipinski definition) is 2. The quantitative estimate of drug-likeness (QED) is 0.918. The highest BCUT2D eigenvalue weighted by atomic mass is 16.4. The van der Waals surface area contributed by atoms with Crippen LogP contribution in [0.4, 0.5) is 5.69 Å². The number of aromatic carboxylic acids is 1. The Hall–Kier alpha value is -2.56. The van der Waals surface area contributed by atoms with E-state index < -0.39 is 5.97 Å². The van der Waals surface area contributed by atoms with Gasteiger partial charge in [-0.2, -0.15) is 0 Å². The van der Waals surface area contributed by atoms with Crippen LogP contribution in [-0.4, -0.2) is 28.1 Å². The Labute approximate surface area is 123 Å². The van der Waals surface area contributed by atoms with Crippen LogP contribution in [0, 0.1) is 6.92 Å². The lowest BCUT2D eigenvalue weighted by Gasteiger charge is -2.23. The van der Waals surface area contributed by atoms with Crippen molar-refractivity contribution >= 4 is 17.6 Å². The van der Waals surface area contributed by atoms with Gasteiger partial charge in [0.2, 0.25) is 5.91 Å². The van der Waals surface area contributed by atoms with Crippen molar-refractivity contribution in [3.05, 3.63) is 53.9 Å². The average molecular weight is 286 g/mol. The van der Waals surface area contributed by atoms with Gasteiger partial charge in [-0.25, -0.2) is 4.79 Å². The van der Waals surface area contributed by atoms with Crippen LogP contribution in [0.5, 0.6) is 0 Å². The summed E-state index contributed by atoms with van der Waals surface area (Å²) in [6, 6.07) is 10.8. The maximum atomic E-state index is 12.5. The van der Waals surface area contributed by atoms with E-state index >= 15 is 0 Å². The number of rotatable bonds is 5. The van der Waals surface area contributed by atoms with E-state index in [0.717, 1.165) is 11.3 Å². The highest BCUT2D eigenvalue weighted by molar-refractivity contribution is 5.94. The minimum Gasteiger partial charge on any atom is -0.477 e. The van der Waals surface area contributed by atoms with Gasteiger partial charge in [0.05, 0.1) is 0 Å². The summed E-state index contributed by atoms with van der Waals surface area (Å²) in [4.78, 5) is 25.2. The van der Waals surface area contributed by atoms with Crippen molar-refractivity contribution in [1.82, 2.24) is 4.57 Å². The van der Waals surface area contributed by atoms with E-state index in [1.54, 1.807) is 17.2 Å². The van der Waals surface area contributed by atoms with Gasteiger partial charge in [0, 0.05) is 18.4 Å². The summed E-state index contributed by atoms with van der Waals surface area (Å²) in [5, 5.41) is 9.08. The monoisotopic (exact) mass is 286 g/mol. The Balaban J connectivity index is 2.24. The number of hydrogen-bond donors (Lipinski definition) is 1. The Morgan fingerprint density at radius 3 is 2.52 bits per heavy atom. The molecule has 0 aliphatic rings. The van der Waals surface area contributed by atoms with Crippen molar-refractivity contribution < 1.29 is 14.7 Å². The molecule has 0 aliphatic carbocycles. The molecule has 1 N–H and O–H groups in total. The van der Waals surface area contributed by atoms with E-state index in [9.17, 15) is 9.59 Å². The first-order chi connectivity index (χ1) is 10.0. The predicted molar refractivity (Wildman–Crippen MR) is 80.6 cm³/mol. The number of carbonyl (C=O) groups excluding carboxylic acids is 1. The third-order valence-corrected chi connectivity index (χ3v) is 3.38. The fourth-order valence-corrected chi connectivity index (χ4v) is 2.32. The van der Waals surface area contributed by atoms with Crippen LogP contribution in [0.2, 0.25) is 0 Å². The fraction of sp³-hybridized carbons (Fsp3) is 0.250. The second-order valence-corrected chi connectivity index (χ2v) is 4.75. The first-order valence-corrected chi connectivity index (χ1v) is 6.79. The van der Waals surface area contributed by atoms with Crippen LogP contribution in [0.15, 0.2) is 42.6 Å². The van der Waals surface area contributed by atoms with Gasteiger partial charge in [-0.1, -0.05) is 18.2 Å². The number of aromatic nitrogens is 1. The molecule has 21 heavy (non-hydrogen) atoms. The highest BCUT2D eigenvalue weighted by Gasteiger charge is 2.18. The lowest BCUT2D eigenvalue weighted by Crippen LogP contribution is -2.34. The minimum absolute atomic E-state index is 0.0107. The summed E-state index contributed by atoms with van der Waals surface area (Å²) in [6.45, 7) is 4.39. The number of likely N-dealkylation sites (N-methyl/N-ethyl adjacent to an activating group) is 1. The highest BCUT2D eigenvalue weighted by Crippen LogP contribution is 2.19. The fourth-order valence-electron chi connectivity index (χ4n) is 2.32. The molecule has 0 saturated carbocycles. The number of aryl methyl sites for hydroxylation is 1. The number of carboxylic acid groups (broad SMARTS) is 1. The molecule has 1 amide bonds. The van der Waals surface area contributed by atoms with Crippen LogP contribution >= 0.6 is 0 Å². The van der Waals surface area contributed by atoms with Crippen LogP contribution in [0.3, 0.4) is 0 Å². The minimum atomic E-state index is -1.04. The van der Waals surface area contributed by atoms with E-state index in [1.807, 2.05) is 38.1 Å². The Kier molecular flexibility index (Phi) is 4.42. The third kappa shape index (κ3) is 3.13. The van der Waals surface area contributed by atoms with Crippen molar-refractivity contribution in [3.63, 3.8) is 0 Å². The molecule has 0 fully saturated rings. The molecule has 1 heterocycles. The van der Waals surface area contributed by atoms with Crippen LogP contribution < -0.4 is 4.90 Å². The molecule has 0 bridgehead atoms. The van der Waals surface area contributed by atoms with E-state index in [4.69, 9.17) is 5.11 Å². The molecule has 2 aromatic rings. The van der Waals surface area contributed by atoms with Gasteiger partial charge in [-0.3, -0.25) is 4.79 Å². The van der Waals surface area contributed by atoms with Gasteiger partial charge in [0.15, 0.2) is 0 Å². The summed E-state index contributed by atoms with van der Waals surface area (Å²) >= 11 is 0. The van der Waals surface area contributed by atoms with Crippen molar-refractivity contribution in [1.29, 1.82) is 0 Å². The molecule has 1 aromatic heterocycles. The van der Waals surface area contributed by atoms with Gasteiger partial charge >= 0.3 is 5.97 Å². The summed E-state index contributed by atoms with van der Waals surface area (Å²) in [6.07, 6.45) is 1.60. The average Bonchev–Trinajstić information content (AvgIpc) is 2.90. The van der Waals surface area contributed by atoms with Crippen LogP contribution in [0.25, 0.3) is 0 Å². The smallest absolute Gasteiger partial charge is 0.352 e. The molecule has 0 radical (unpaired) electrons. The Bertz CT molecular complexity index is 661. The molecule has 0 saturated heterocycles. The third-order valence-electron chi connectivity index (χ3n) is 3.38. The number of anilines is 1. The number of amides is 1. The first-order valence-electron chi connectivity index (χ1n) is 6.79. The maximum Gasteiger partial charge on any atom is 0.352 e. The summed E-state index contributed by atoms with van der Waals surface area (Å²) < 4.78 is 1.45. The van der Waals surface area contributed by atoms with E-state index in [2.05, 4.69) is 0 Å². The zero-order valence-corrected chi connectivity index (χ0v) is 12.1. The van der Waals surface area contributed by atoms with E-state index in [0.29, 0.717) is 6.54 Å². The molecular formula is C16H18N2O3. The van der Waals surface area contributed by atoms with Gasteiger partial charge in [0.1, 0.15) is 12.2 Å². The zero-order valence-electron chi connectivity index (χ0n) is 12.1. The topological polar surface area (TPSA) is 62.5 Å². The molecule has 0 aliphatic heterocycles. The summed E-state index contributed by atoms with van der Waals surface area (Å²) in [5.74, 6) is -1.17. The number of carboxylic acids is 1. The van der Waals surface area contributed by atoms with E-state index in [1.165, 1.54) is 10.6 Å². The second-order valence-electron chi connectivity index (χ2n) is 4.75. The normalized spacial score (nSPS) is 10.4. The molecule has 1 aromatic carbocycles. The van der Waals surface area contributed by atoms with E-state index in [-0.39, 0.29) is 18.1 Å². The molecule has 0 atom stereocenters. The number of nitrogens with zero attached hydrogens (tertiary/aromatic N) is 2. The van der Waals surface area contributed by atoms with Gasteiger partial charge in [0.25, 0.3) is 0 Å². The Morgan fingerprint density at radius 1 is 1.19 bits per heavy atom. The van der Waals surface area contributed by atoms with Gasteiger partial charge in [-0.05, 0) is 37.6 Å². The van der Waals surface area contributed by atoms with Crippen LogP contribution in [0.1, 0.15) is 23.0 Å². The van der Waals surface area contributed by atoms with Gasteiger partial charge in [-0.15, -0.1) is 0 Å². The molecule has 0 spiro atoms. The maximum absolute atomic E-state index is 12.5. The van der Waals surface area contributed by atoms with Crippen LogP contribution in [-0.2, 0) is 11.3 Å². The molecule has 2 rings (SSSR count).